The summed E-state index contributed by atoms with van der Waals surface area (Å²) in [6, 6.07) is 13.3. The molecule has 1 heterocycles. The average molecular weight is 517 g/mol. The smallest absolute Gasteiger partial charge is 0.257 e. The van der Waals surface area contributed by atoms with Gasteiger partial charge in [0.1, 0.15) is 5.52 Å². The molecule has 0 fully saturated rings. The molecule has 10 heteroatoms. The van der Waals surface area contributed by atoms with Crippen LogP contribution in [0.15, 0.2) is 48.5 Å². The maximum Gasteiger partial charge on any atom is 0.257 e. The largest absolute Gasteiger partial charge is 0.366 e. The molecule has 7 nitrogen and oxygen atoms in total. The van der Waals surface area contributed by atoms with Crippen LogP contribution in [-0.2, 0) is 0 Å². The molecule has 0 saturated carbocycles. The van der Waals surface area contributed by atoms with Crippen LogP contribution in [0, 0.1) is 6.92 Å². The number of benzene rings is 3. The average Bonchev–Trinajstić information content (AvgIpc) is 3.14. The van der Waals surface area contributed by atoms with Gasteiger partial charge in [0.2, 0.25) is 5.95 Å². The van der Waals surface area contributed by atoms with Crippen LogP contribution >= 0.6 is 34.8 Å². The zero-order valence-electron chi connectivity index (χ0n) is 18.5. The molecule has 34 heavy (non-hydrogen) atoms. The Bertz CT molecular complexity index is 1460. The van der Waals surface area contributed by atoms with Gasteiger partial charge >= 0.3 is 0 Å². The molecule has 3 aromatic carbocycles. The third kappa shape index (κ3) is 4.30. The number of amides is 2. The predicted molar refractivity (Wildman–Crippen MR) is 138 cm³/mol. The van der Waals surface area contributed by atoms with Crippen molar-refractivity contribution in [2.24, 2.45) is 5.73 Å². The van der Waals surface area contributed by atoms with Crippen LogP contribution < -0.4 is 16.0 Å². The molecule has 0 radical (unpaired) electrons. The zero-order chi connectivity index (χ0) is 24.7. The molecule has 0 aliphatic carbocycles. The molecule has 174 valence electrons. The standard InChI is InChI=1S/C24H20Cl3N5O2/c1-12-17(26)5-4-6-19(12)32-20-11-14(29-23(34)15-8-7-13(25)9-18(15)27)10-16(22(28)33)21(20)30-24(32)31(2)3/h4-11H,1-3H3,(H2,28,33)(H,29,34). The Morgan fingerprint density at radius 3 is 2.38 bits per heavy atom. The summed E-state index contributed by atoms with van der Waals surface area (Å²) in [5.74, 6) is -0.579. The van der Waals surface area contributed by atoms with Gasteiger partial charge in [-0.05, 0) is 55.0 Å². The van der Waals surface area contributed by atoms with E-state index < -0.39 is 11.8 Å². The van der Waals surface area contributed by atoms with Crippen LogP contribution in [0.4, 0.5) is 11.6 Å². The van der Waals surface area contributed by atoms with Gasteiger partial charge in [-0.2, -0.15) is 0 Å². The van der Waals surface area contributed by atoms with Crippen molar-refractivity contribution >= 4 is 69.3 Å². The number of primary amides is 1. The van der Waals surface area contributed by atoms with Gasteiger partial charge in [0.05, 0.1) is 27.4 Å². The molecule has 4 rings (SSSR count). The number of fused-ring (bicyclic) bond motifs is 1. The van der Waals surface area contributed by atoms with E-state index in [1.54, 1.807) is 18.2 Å². The van der Waals surface area contributed by atoms with Gasteiger partial charge in [-0.1, -0.05) is 40.9 Å². The number of hydrogen-bond acceptors (Lipinski definition) is 4. The van der Waals surface area contributed by atoms with Crippen LogP contribution in [0.5, 0.6) is 0 Å². The van der Waals surface area contributed by atoms with E-state index in [2.05, 4.69) is 10.3 Å². The first-order chi connectivity index (χ1) is 16.1. The van der Waals surface area contributed by atoms with Gasteiger partial charge in [-0.3, -0.25) is 14.2 Å². The molecule has 3 N–H and O–H groups in total. The fourth-order valence-electron chi connectivity index (χ4n) is 3.67. The second-order valence-electron chi connectivity index (χ2n) is 7.86. The SMILES string of the molecule is Cc1c(Cl)cccc1-n1c(N(C)C)nc2c(C(N)=O)cc(NC(=O)c3ccc(Cl)cc3Cl)cc21. The van der Waals surface area contributed by atoms with Gasteiger partial charge in [-0.15, -0.1) is 0 Å². The maximum absolute atomic E-state index is 12.9. The molecule has 4 aromatic rings. The third-order valence-corrected chi connectivity index (χ3v) is 6.28. The Labute approximate surface area is 211 Å². The summed E-state index contributed by atoms with van der Waals surface area (Å²) in [5.41, 5.74) is 9.02. The minimum absolute atomic E-state index is 0.163. The van der Waals surface area contributed by atoms with E-state index in [1.807, 2.05) is 42.6 Å². The normalized spacial score (nSPS) is 11.0. The molecule has 2 amide bonds. The van der Waals surface area contributed by atoms with Gasteiger partial charge < -0.3 is 16.0 Å². The lowest BCUT2D eigenvalue weighted by molar-refractivity contribution is 0.0997. The van der Waals surface area contributed by atoms with E-state index >= 15 is 0 Å². The van der Waals surface area contributed by atoms with Crippen molar-refractivity contribution in [3.8, 4) is 5.69 Å². The minimum atomic E-state index is -0.677. The number of nitrogens with one attached hydrogen (secondary N) is 1. The minimum Gasteiger partial charge on any atom is -0.366 e. The highest BCUT2D eigenvalue weighted by Crippen LogP contribution is 2.34. The van der Waals surface area contributed by atoms with E-state index in [-0.39, 0.29) is 16.1 Å². The van der Waals surface area contributed by atoms with E-state index in [1.165, 1.54) is 18.2 Å². The quantitative estimate of drug-likeness (QED) is 0.355. The van der Waals surface area contributed by atoms with Crippen molar-refractivity contribution in [1.82, 2.24) is 9.55 Å². The van der Waals surface area contributed by atoms with Crippen molar-refractivity contribution in [3.63, 3.8) is 0 Å². The van der Waals surface area contributed by atoms with E-state index in [4.69, 9.17) is 40.5 Å². The summed E-state index contributed by atoms with van der Waals surface area (Å²) >= 11 is 18.5. The topological polar surface area (TPSA) is 93.2 Å². The summed E-state index contributed by atoms with van der Waals surface area (Å²) in [5, 5.41) is 4.00. The zero-order valence-corrected chi connectivity index (χ0v) is 20.8. The molecule has 0 atom stereocenters. The van der Waals surface area contributed by atoms with Crippen molar-refractivity contribution in [3.05, 3.63) is 80.3 Å². The van der Waals surface area contributed by atoms with E-state index in [0.29, 0.717) is 32.7 Å². The number of aromatic nitrogens is 2. The number of nitrogens with zero attached hydrogens (tertiary/aromatic N) is 3. The summed E-state index contributed by atoms with van der Waals surface area (Å²) in [7, 11) is 3.68. The van der Waals surface area contributed by atoms with Crippen molar-refractivity contribution in [2.75, 3.05) is 24.3 Å². The Hall–Kier alpha value is -3.26. The van der Waals surface area contributed by atoms with Crippen molar-refractivity contribution < 1.29 is 9.59 Å². The second kappa shape index (κ2) is 9.18. The van der Waals surface area contributed by atoms with E-state index in [0.717, 1.165) is 11.3 Å². The molecule has 0 saturated heterocycles. The Kier molecular flexibility index (Phi) is 6.45. The second-order valence-corrected chi connectivity index (χ2v) is 9.11. The highest BCUT2D eigenvalue weighted by molar-refractivity contribution is 6.37. The highest BCUT2D eigenvalue weighted by atomic mass is 35.5. The summed E-state index contributed by atoms with van der Waals surface area (Å²) in [6.45, 7) is 1.89. The number of halogens is 3. The van der Waals surface area contributed by atoms with Crippen LogP contribution in [0.1, 0.15) is 26.3 Å². The molecule has 1 aromatic heterocycles. The molecule has 0 unspecified atom stereocenters. The molecule has 0 aliphatic heterocycles. The number of carbonyl (C=O) groups excluding carboxylic acids is 2. The fourth-order valence-corrected chi connectivity index (χ4v) is 4.34. The number of carbonyl (C=O) groups is 2. The molecule has 0 spiro atoms. The van der Waals surface area contributed by atoms with Crippen LogP contribution in [0.3, 0.4) is 0 Å². The van der Waals surface area contributed by atoms with Crippen molar-refractivity contribution in [1.29, 1.82) is 0 Å². The molecular weight excluding hydrogens is 497 g/mol. The lowest BCUT2D eigenvalue weighted by atomic mass is 10.1. The lowest BCUT2D eigenvalue weighted by Gasteiger charge is -2.17. The monoisotopic (exact) mass is 515 g/mol. The Morgan fingerprint density at radius 1 is 1.00 bits per heavy atom. The Balaban J connectivity index is 1.94. The van der Waals surface area contributed by atoms with Crippen LogP contribution in [0.25, 0.3) is 16.7 Å². The third-order valence-electron chi connectivity index (χ3n) is 5.32. The first-order valence-corrected chi connectivity index (χ1v) is 11.3. The number of hydrogen-bond donors (Lipinski definition) is 2. The number of rotatable bonds is 5. The van der Waals surface area contributed by atoms with Gasteiger partial charge in [0, 0.05) is 29.8 Å². The number of imidazole rings is 1. The van der Waals surface area contributed by atoms with Crippen molar-refractivity contribution in [2.45, 2.75) is 6.92 Å². The van der Waals surface area contributed by atoms with Gasteiger partial charge in [0.25, 0.3) is 11.8 Å². The van der Waals surface area contributed by atoms with Gasteiger partial charge in [0.15, 0.2) is 0 Å². The molecular formula is C24H20Cl3N5O2. The summed E-state index contributed by atoms with van der Waals surface area (Å²) in [6.07, 6.45) is 0. The first-order valence-electron chi connectivity index (χ1n) is 10.1. The number of nitrogens with two attached hydrogens (primary N) is 1. The van der Waals surface area contributed by atoms with Gasteiger partial charge in [-0.25, -0.2) is 4.98 Å². The lowest BCUT2D eigenvalue weighted by Crippen LogP contribution is -2.16. The van der Waals surface area contributed by atoms with Crippen LogP contribution in [0.2, 0.25) is 15.1 Å². The highest BCUT2D eigenvalue weighted by Gasteiger charge is 2.22. The van der Waals surface area contributed by atoms with E-state index in [9.17, 15) is 9.59 Å². The summed E-state index contributed by atoms with van der Waals surface area (Å²) in [4.78, 5) is 31.8. The molecule has 0 bridgehead atoms. The maximum atomic E-state index is 12.9. The Morgan fingerprint density at radius 2 is 1.74 bits per heavy atom. The molecule has 0 aliphatic rings. The fraction of sp³-hybridized carbons (Fsp3) is 0.125. The van der Waals surface area contributed by atoms with Crippen LogP contribution in [-0.4, -0.2) is 35.5 Å². The summed E-state index contributed by atoms with van der Waals surface area (Å²) < 4.78 is 1.87. The predicted octanol–water partition coefficient (Wildman–Crippen LogP) is 5.71. The number of anilines is 2. The first kappa shape index (κ1) is 23.9.